The largest absolute Gasteiger partial charge is 0.368 e. The lowest BCUT2D eigenvalue weighted by molar-refractivity contribution is -0.127. The fourth-order valence-corrected chi connectivity index (χ4v) is 3.46. The number of hydrogen-bond donors (Lipinski definition) is 2. The Morgan fingerprint density at radius 3 is 2.68 bits per heavy atom. The number of hydrogen-bond acceptors (Lipinski definition) is 4. The molecule has 5 heteroatoms. The first-order valence-corrected chi connectivity index (χ1v) is 9.02. The van der Waals surface area contributed by atoms with Crippen molar-refractivity contribution < 1.29 is 9.63 Å². The van der Waals surface area contributed by atoms with E-state index in [-0.39, 0.29) is 6.10 Å². The Balaban J connectivity index is 1.93. The summed E-state index contributed by atoms with van der Waals surface area (Å²) in [6, 6.07) is 7.36. The number of amides is 1. The lowest BCUT2D eigenvalue weighted by Gasteiger charge is -2.19. The first-order valence-electron chi connectivity index (χ1n) is 8.03. The molecule has 1 amide bonds. The molecule has 0 heterocycles. The smallest absolute Gasteiger partial charge is 0.241 e. The number of nitrogens with one attached hydrogen (secondary N) is 1. The molecule has 0 aliphatic heterocycles. The standard InChI is InChI=1S/C17H26N2O2S/c1-3-10-22-15-8-5-13(6-9-15)16(17(18)20)19-21-14-7-4-12(2)11-14/h5-6,8-9,12,14,16,19H,3-4,7,10-11H2,1-2H3,(H2,18,20). The van der Waals surface area contributed by atoms with Crippen LogP contribution in [0.15, 0.2) is 29.2 Å². The van der Waals surface area contributed by atoms with Crippen molar-refractivity contribution in [2.24, 2.45) is 11.7 Å². The van der Waals surface area contributed by atoms with E-state index in [2.05, 4.69) is 19.3 Å². The third-order valence-corrected chi connectivity index (χ3v) is 5.19. The van der Waals surface area contributed by atoms with Crippen LogP contribution in [0.5, 0.6) is 0 Å². The van der Waals surface area contributed by atoms with Gasteiger partial charge in [-0.05, 0) is 55.1 Å². The number of nitrogens with two attached hydrogens (primary N) is 1. The van der Waals surface area contributed by atoms with Crippen LogP contribution in [0.2, 0.25) is 0 Å². The average Bonchev–Trinajstić information content (AvgIpc) is 2.92. The van der Waals surface area contributed by atoms with Crippen LogP contribution in [-0.4, -0.2) is 17.8 Å². The molecule has 1 saturated carbocycles. The molecule has 1 aromatic rings. The predicted molar refractivity (Wildman–Crippen MR) is 90.4 cm³/mol. The lowest BCUT2D eigenvalue weighted by Crippen LogP contribution is -2.35. The van der Waals surface area contributed by atoms with Gasteiger partial charge < -0.3 is 5.73 Å². The van der Waals surface area contributed by atoms with Gasteiger partial charge in [0.15, 0.2) is 0 Å². The van der Waals surface area contributed by atoms with E-state index in [0.29, 0.717) is 5.92 Å². The van der Waals surface area contributed by atoms with E-state index in [9.17, 15) is 4.79 Å². The molecule has 22 heavy (non-hydrogen) atoms. The van der Waals surface area contributed by atoms with Crippen LogP contribution in [-0.2, 0) is 9.63 Å². The topological polar surface area (TPSA) is 64.3 Å². The van der Waals surface area contributed by atoms with Gasteiger partial charge in [0.2, 0.25) is 5.91 Å². The summed E-state index contributed by atoms with van der Waals surface area (Å²) in [5.41, 5.74) is 9.24. The van der Waals surface area contributed by atoms with E-state index in [4.69, 9.17) is 10.6 Å². The molecule has 1 fully saturated rings. The zero-order chi connectivity index (χ0) is 15.9. The Kier molecular flexibility index (Phi) is 6.73. The van der Waals surface area contributed by atoms with E-state index >= 15 is 0 Å². The van der Waals surface area contributed by atoms with Gasteiger partial charge in [0.25, 0.3) is 0 Å². The third-order valence-electron chi connectivity index (χ3n) is 3.97. The molecule has 3 unspecified atom stereocenters. The molecule has 0 radical (unpaired) electrons. The fourth-order valence-electron chi connectivity index (χ4n) is 2.69. The summed E-state index contributed by atoms with van der Waals surface area (Å²) in [7, 11) is 0. The number of benzene rings is 1. The van der Waals surface area contributed by atoms with Crippen LogP contribution in [0, 0.1) is 5.92 Å². The van der Waals surface area contributed by atoms with Gasteiger partial charge in [-0.2, -0.15) is 5.48 Å². The van der Waals surface area contributed by atoms with Crippen molar-refractivity contribution >= 4 is 17.7 Å². The normalized spacial score (nSPS) is 22.6. The highest BCUT2D eigenvalue weighted by molar-refractivity contribution is 7.99. The molecule has 3 atom stereocenters. The number of carbonyl (C=O) groups is 1. The molecule has 1 aliphatic rings. The molecular formula is C17H26N2O2S. The fraction of sp³-hybridized carbons (Fsp3) is 0.588. The quantitative estimate of drug-likeness (QED) is 0.568. The molecule has 3 N–H and O–H groups in total. The Hall–Kier alpha value is -1.04. The second-order valence-electron chi connectivity index (χ2n) is 6.03. The van der Waals surface area contributed by atoms with E-state index < -0.39 is 11.9 Å². The minimum absolute atomic E-state index is 0.177. The van der Waals surface area contributed by atoms with Gasteiger partial charge in [0.05, 0.1) is 6.10 Å². The zero-order valence-corrected chi connectivity index (χ0v) is 14.2. The minimum atomic E-state index is -0.596. The van der Waals surface area contributed by atoms with Crippen LogP contribution >= 0.6 is 11.8 Å². The van der Waals surface area contributed by atoms with E-state index in [1.807, 2.05) is 36.0 Å². The van der Waals surface area contributed by atoms with Crippen LogP contribution < -0.4 is 11.2 Å². The molecule has 0 aromatic heterocycles. The summed E-state index contributed by atoms with van der Waals surface area (Å²) in [4.78, 5) is 18.6. The van der Waals surface area contributed by atoms with Crippen LogP contribution in [0.1, 0.15) is 51.1 Å². The lowest BCUT2D eigenvalue weighted by atomic mass is 10.1. The molecular weight excluding hydrogens is 296 g/mol. The molecule has 2 rings (SSSR count). The average molecular weight is 322 g/mol. The SMILES string of the molecule is CCCSc1ccc(C(NOC2CCC(C)C2)C(N)=O)cc1. The molecule has 0 saturated heterocycles. The number of primary amides is 1. The maximum Gasteiger partial charge on any atom is 0.241 e. The highest BCUT2D eigenvalue weighted by atomic mass is 32.2. The van der Waals surface area contributed by atoms with Crippen molar-refractivity contribution in [3.63, 3.8) is 0 Å². The minimum Gasteiger partial charge on any atom is -0.368 e. The van der Waals surface area contributed by atoms with Gasteiger partial charge in [-0.1, -0.05) is 26.0 Å². The summed E-state index contributed by atoms with van der Waals surface area (Å²) in [5, 5.41) is 0. The zero-order valence-electron chi connectivity index (χ0n) is 13.4. The molecule has 122 valence electrons. The van der Waals surface area contributed by atoms with Gasteiger partial charge in [0, 0.05) is 4.90 Å². The number of hydroxylamine groups is 1. The Bertz CT molecular complexity index is 478. The Morgan fingerprint density at radius 1 is 1.41 bits per heavy atom. The van der Waals surface area contributed by atoms with Gasteiger partial charge in [-0.15, -0.1) is 11.8 Å². The van der Waals surface area contributed by atoms with Crippen molar-refractivity contribution in [1.29, 1.82) is 0 Å². The first-order chi connectivity index (χ1) is 10.6. The summed E-state index contributed by atoms with van der Waals surface area (Å²) in [5.74, 6) is 1.37. The highest BCUT2D eigenvalue weighted by Gasteiger charge is 2.25. The Labute approximate surface area is 137 Å². The molecule has 1 aliphatic carbocycles. The van der Waals surface area contributed by atoms with Crippen LogP contribution in [0.4, 0.5) is 0 Å². The predicted octanol–water partition coefficient (Wildman–Crippen LogP) is 3.42. The van der Waals surface area contributed by atoms with Crippen molar-refractivity contribution in [2.45, 2.75) is 56.6 Å². The molecule has 0 bridgehead atoms. The number of thioether (sulfide) groups is 1. The monoisotopic (exact) mass is 322 g/mol. The summed E-state index contributed by atoms with van der Waals surface area (Å²) < 4.78 is 0. The second-order valence-corrected chi connectivity index (χ2v) is 7.20. The van der Waals surface area contributed by atoms with E-state index in [1.54, 1.807) is 0 Å². The number of rotatable bonds is 8. The maximum absolute atomic E-state index is 11.7. The molecule has 4 nitrogen and oxygen atoms in total. The van der Waals surface area contributed by atoms with Gasteiger partial charge in [-0.25, -0.2) is 0 Å². The van der Waals surface area contributed by atoms with E-state index in [0.717, 1.165) is 30.6 Å². The maximum atomic E-state index is 11.7. The van der Waals surface area contributed by atoms with Gasteiger partial charge >= 0.3 is 0 Å². The summed E-state index contributed by atoms with van der Waals surface area (Å²) >= 11 is 1.82. The third kappa shape index (κ3) is 5.00. The van der Waals surface area contributed by atoms with Gasteiger partial charge in [0.1, 0.15) is 6.04 Å². The summed E-state index contributed by atoms with van der Waals surface area (Å²) in [6.45, 7) is 4.39. The van der Waals surface area contributed by atoms with Crippen molar-refractivity contribution in [3.8, 4) is 0 Å². The molecule has 0 spiro atoms. The van der Waals surface area contributed by atoms with Gasteiger partial charge in [-0.3, -0.25) is 9.63 Å². The van der Waals surface area contributed by atoms with Crippen molar-refractivity contribution in [2.75, 3.05) is 5.75 Å². The van der Waals surface area contributed by atoms with E-state index in [1.165, 1.54) is 11.3 Å². The summed E-state index contributed by atoms with van der Waals surface area (Å²) in [6.07, 6.45) is 4.57. The van der Waals surface area contributed by atoms with Crippen LogP contribution in [0.3, 0.4) is 0 Å². The second kappa shape index (κ2) is 8.56. The molecule has 1 aromatic carbocycles. The highest BCUT2D eigenvalue weighted by Crippen LogP contribution is 2.27. The van der Waals surface area contributed by atoms with Crippen LogP contribution in [0.25, 0.3) is 0 Å². The van der Waals surface area contributed by atoms with Crippen molar-refractivity contribution in [1.82, 2.24) is 5.48 Å². The number of carbonyl (C=O) groups excluding carboxylic acids is 1. The first kappa shape index (κ1) is 17.3. The Morgan fingerprint density at radius 2 is 2.14 bits per heavy atom. The van der Waals surface area contributed by atoms with Crippen molar-refractivity contribution in [3.05, 3.63) is 29.8 Å².